The molecule has 0 aliphatic carbocycles. The quantitative estimate of drug-likeness (QED) is 0.697. The molecule has 1 aromatic rings. The minimum Gasteiger partial charge on any atom is -0.282 e. The Labute approximate surface area is 70.8 Å². The highest BCUT2D eigenvalue weighted by Crippen LogP contribution is 2.09. The van der Waals surface area contributed by atoms with Gasteiger partial charge in [0.2, 0.25) is 0 Å². The Hall–Kier alpha value is -0.880. The molecule has 0 atom stereocenters. The molecular weight excluding hydrogens is 180 g/mol. The summed E-state index contributed by atoms with van der Waals surface area (Å²) in [5.41, 5.74) is 0. The molecule has 1 aromatic heterocycles. The molecule has 1 N–H and O–H groups in total. The summed E-state index contributed by atoms with van der Waals surface area (Å²) < 4.78 is 31.2. The molecule has 0 amide bonds. The Kier molecular flexibility index (Phi) is 2.20. The SMILES string of the molecule is CC(C)n1cc(S(=O)(=O)O)cn1. The van der Waals surface area contributed by atoms with Crippen LogP contribution in [0.4, 0.5) is 0 Å². The van der Waals surface area contributed by atoms with Gasteiger partial charge in [0.15, 0.2) is 0 Å². The Morgan fingerprint density at radius 2 is 2.17 bits per heavy atom. The van der Waals surface area contributed by atoms with E-state index in [4.69, 9.17) is 4.55 Å². The Balaban J connectivity index is 3.09. The Morgan fingerprint density at radius 3 is 2.42 bits per heavy atom. The van der Waals surface area contributed by atoms with Crippen molar-refractivity contribution in [1.29, 1.82) is 0 Å². The molecule has 1 heterocycles. The minimum atomic E-state index is -4.10. The second-order valence-electron chi connectivity index (χ2n) is 2.72. The molecule has 0 spiro atoms. The summed E-state index contributed by atoms with van der Waals surface area (Å²) >= 11 is 0. The maximum Gasteiger partial charge on any atom is 0.297 e. The van der Waals surface area contributed by atoms with Crippen molar-refractivity contribution in [3.05, 3.63) is 12.4 Å². The molecule has 0 radical (unpaired) electrons. The van der Waals surface area contributed by atoms with Crippen molar-refractivity contribution in [2.45, 2.75) is 24.8 Å². The van der Waals surface area contributed by atoms with Crippen LogP contribution in [0.15, 0.2) is 17.3 Å². The van der Waals surface area contributed by atoms with Gasteiger partial charge in [-0.3, -0.25) is 9.23 Å². The molecule has 5 nitrogen and oxygen atoms in total. The summed E-state index contributed by atoms with van der Waals surface area (Å²) in [5, 5.41) is 3.76. The van der Waals surface area contributed by atoms with Gasteiger partial charge in [-0.2, -0.15) is 13.5 Å². The normalized spacial score (nSPS) is 12.3. The first-order chi connectivity index (χ1) is 5.41. The zero-order valence-corrected chi connectivity index (χ0v) is 7.61. The van der Waals surface area contributed by atoms with E-state index in [0.717, 1.165) is 6.20 Å². The van der Waals surface area contributed by atoms with Crippen molar-refractivity contribution in [1.82, 2.24) is 9.78 Å². The van der Waals surface area contributed by atoms with Crippen LogP contribution in [0, 0.1) is 0 Å². The Bertz CT molecular complexity index is 366. The van der Waals surface area contributed by atoms with Crippen molar-refractivity contribution >= 4 is 10.1 Å². The van der Waals surface area contributed by atoms with E-state index in [-0.39, 0.29) is 10.9 Å². The van der Waals surface area contributed by atoms with Crippen LogP contribution in [0.3, 0.4) is 0 Å². The van der Waals surface area contributed by atoms with Crippen LogP contribution in [0.25, 0.3) is 0 Å². The smallest absolute Gasteiger partial charge is 0.282 e. The van der Waals surface area contributed by atoms with Gasteiger partial charge in [0.05, 0.1) is 6.20 Å². The molecule has 0 saturated carbocycles. The van der Waals surface area contributed by atoms with Crippen LogP contribution in [0.2, 0.25) is 0 Å². The maximum absolute atomic E-state index is 10.6. The molecular formula is C6H10N2O3S. The van der Waals surface area contributed by atoms with Gasteiger partial charge >= 0.3 is 0 Å². The van der Waals surface area contributed by atoms with Gasteiger partial charge < -0.3 is 0 Å². The lowest BCUT2D eigenvalue weighted by Gasteiger charge is -2.02. The lowest BCUT2D eigenvalue weighted by Crippen LogP contribution is -2.01. The van der Waals surface area contributed by atoms with Gasteiger partial charge in [-0.15, -0.1) is 0 Å². The summed E-state index contributed by atoms with van der Waals surface area (Å²) in [5.74, 6) is 0. The summed E-state index contributed by atoms with van der Waals surface area (Å²) in [4.78, 5) is -0.170. The molecule has 1 rings (SSSR count). The number of nitrogens with zero attached hydrogens (tertiary/aromatic N) is 2. The lowest BCUT2D eigenvalue weighted by atomic mass is 10.4. The average Bonchev–Trinajstić information content (AvgIpc) is 2.30. The third kappa shape index (κ3) is 1.83. The van der Waals surface area contributed by atoms with E-state index in [0.29, 0.717) is 0 Å². The fraction of sp³-hybridized carbons (Fsp3) is 0.500. The standard InChI is InChI=1S/C6H10N2O3S/c1-5(2)8-4-6(3-7-8)12(9,10)11/h3-5H,1-2H3,(H,9,10,11). The molecule has 0 saturated heterocycles. The predicted molar refractivity (Wildman–Crippen MR) is 42.4 cm³/mol. The molecule has 12 heavy (non-hydrogen) atoms. The molecule has 0 aliphatic heterocycles. The van der Waals surface area contributed by atoms with E-state index in [9.17, 15) is 8.42 Å². The third-order valence-corrected chi connectivity index (χ3v) is 2.21. The third-order valence-electron chi connectivity index (χ3n) is 1.40. The first-order valence-electron chi connectivity index (χ1n) is 3.43. The Morgan fingerprint density at radius 1 is 1.58 bits per heavy atom. The van der Waals surface area contributed by atoms with E-state index < -0.39 is 10.1 Å². The van der Waals surface area contributed by atoms with Gasteiger partial charge in [0.1, 0.15) is 4.90 Å². The molecule has 6 heteroatoms. The molecule has 0 unspecified atom stereocenters. The second kappa shape index (κ2) is 2.87. The molecule has 0 fully saturated rings. The van der Waals surface area contributed by atoms with Crippen LogP contribution < -0.4 is 0 Å². The minimum absolute atomic E-state index is 0.0838. The van der Waals surface area contributed by atoms with Gasteiger partial charge in [-0.05, 0) is 13.8 Å². The summed E-state index contributed by atoms with van der Waals surface area (Å²) in [6, 6.07) is 0.0838. The number of rotatable bonds is 2. The topological polar surface area (TPSA) is 72.2 Å². The highest BCUT2D eigenvalue weighted by Gasteiger charge is 2.12. The first-order valence-corrected chi connectivity index (χ1v) is 4.87. The lowest BCUT2D eigenvalue weighted by molar-refractivity contribution is 0.482. The fourth-order valence-electron chi connectivity index (χ4n) is 0.736. The van der Waals surface area contributed by atoms with Gasteiger partial charge in [0, 0.05) is 12.2 Å². The molecule has 0 bridgehead atoms. The van der Waals surface area contributed by atoms with Crippen LogP contribution in [0.1, 0.15) is 19.9 Å². The summed E-state index contributed by atoms with van der Waals surface area (Å²) in [6.45, 7) is 3.72. The fourth-order valence-corrected chi connectivity index (χ4v) is 1.16. The predicted octanol–water partition coefficient (Wildman–Crippen LogP) is 0.711. The van der Waals surface area contributed by atoms with Crippen LogP contribution >= 0.6 is 0 Å². The van der Waals surface area contributed by atoms with Crippen LogP contribution in [0.5, 0.6) is 0 Å². The monoisotopic (exact) mass is 190 g/mol. The summed E-state index contributed by atoms with van der Waals surface area (Å²) in [7, 11) is -4.10. The molecule has 0 aliphatic rings. The number of hydrogen-bond donors (Lipinski definition) is 1. The summed E-state index contributed by atoms with van der Waals surface area (Å²) in [6.07, 6.45) is 2.41. The van der Waals surface area contributed by atoms with Crippen molar-refractivity contribution in [2.75, 3.05) is 0 Å². The van der Waals surface area contributed by atoms with Crippen molar-refractivity contribution in [3.8, 4) is 0 Å². The van der Waals surface area contributed by atoms with E-state index in [1.807, 2.05) is 13.8 Å². The zero-order valence-electron chi connectivity index (χ0n) is 6.80. The first kappa shape index (κ1) is 9.21. The largest absolute Gasteiger partial charge is 0.297 e. The van der Waals surface area contributed by atoms with Crippen molar-refractivity contribution < 1.29 is 13.0 Å². The van der Waals surface area contributed by atoms with Crippen molar-refractivity contribution in [2.24, 2.45) is 0 Å². The van der Waals surface area contributed by atoms with Crippen molar-refractivity contribution in [3.63, 3.8) is 0 Å². The second-order valence-corrected chi connectivity index (χ2v) is 4.15. The van der Waals surface area contributed by atoms with Gasteiger partial charge in [-0.1, -0.05) is 0 Å². The van der Waals surface area contributed by atoms with E-state index in [1.54, 1.807) is 0 Å². The maximum atomic E-state index is 10.6. The number of hydrogen-bond acceptors (Lipinski definition) is 3. The van der Waals surface area contributed by atoms with E-state index in [2.05, 4.69) is 5.10 Å². The van der Waals surface area contributed by atoms with Gasteiger partial charge in [0.25, 0.3) is 10.1 Å². The molecule has 68 valence electrons. The number of aromatic nitrogens is 2. The highest BCUT2D eigenvalue weighted by atomic mass is 32.2. The highest BCUT2D eigenvalue weighted by molar-refractivity contribution is 7.85. The van der Waals surface area contributed by atoms with E-state index >= 15 is 0 Å². The molecule has 0 aromatic carbocycles. The van der Waals surface area contributed by atoms with Gasteiger partial charge in [-0.25, -0.2) is 0 Å². The van der Waals surface area contributed by atoms with E-state index in [1.165, 1.54) is 10.9 Å². The van der Waals surface area contributed by atoms with Crippen LogP contribution in [-0.2, 0) is 10.1 Å². The van der Waals surface area contributed by atoms with Crippen LogP contribution in [-0.4, -0.2) is 22.8 Å². The zero-order chi connectivity index (χ0) is 9.35. The average molecular weight is 190 g/mol.